The van der Waals surface area contributed by atoms with Crippen LogP contribution in [0.3, 0.4) is 0 Å². The lowest BCUT2D eigenvalue weighted by Gasteiger charge is -2.31. The minimum Gasteiger partial charge on any atom is -0.480 e. The van der Waals surface area contributed by atoms with Gasteiger partial charge in [-0.25, -0.2) is 4.79 Å². The van der Waals surface area contributed by atoms with Crippen molar-refractivity contribution < 1.29 is 19.5 Å². The van der Waals surface area contributed by atoms with Gasteiger partial charge < -0.3 is 15.3 Å². The Morgan fingerprint density at radius 1 is 1.26 bits per heavy atom. The minimum atomic E-state index is -1.02. The standard InChI is InChI=1S/C22H28Cl2N2O4S/c1-4-13(2)20(22(29)30)25-21(28)15-9-11-26(12-10-15)17(27)8-6-14-5-7-16(31-3)19(24)18(14)23/h5-8,13,15,20H,4,9-12H2,1-3H3,(H,25,28)(H,29,30)/b8-6+/t13-,20-/m0/s1. The topological polar surface area (TPSA) is 86.7 Å². The first-order valence-electron chi connectivity index (χ1n) is 10.2. The van der Waals surface area contributed by atoms with Crippen LogP contribution in [-0.2, 0) is 14.4 Å². The van der Waals surface area contributed by atoms with E-state index in [0.717, 1.165) is 4.90 Å². The average molecular weight is 487 g/mol. The molecular weight excluding hydrogens is 459 g/mol. The molecule has 1 saturated heterocycles. The van der Waals surface area contributed by atoms with Gasteiger partial charge in [0.15, 0.2) is 0 Å². The molecule has 2 N–H and O–H groups in total. The Morgan fingerprint density at radius 3 is 2.45 bits per heavy atom. The number of carbonyl (C=O) groups excluding carboxylic acids is 2. The highest BCUT2D eigenvalue weighted by Crippen LogP contribution is 2.35. The first-order chi connectivity index (χ1) is 14.7. The van der Waals surface area contributed by atoms with Gasteiger partial charge in [-0.1, -0.05) is 49.5 Å². The number of carboxylic acid groups (broad SMARTS) is 1. The molecule has 0 aromatic heterocycles. The van der Waals surface area contributed by atoms with Crippen molar-refractivity contribution in [1.29, 1.82) is 0 Å². The van der Waals surface area contributed by atoms with Crippen LogP contribution < -0.4 is 5.32 Å². The fourth-order valence-corrected chi connectivity index (χ4v) is 4.59. The number of hydrogen-bond donors (Lipinski definition) is 2. The Bertz CT molecular complexity index is 854. The zero-order chi connectivity index (χ0) is 23.1. The van der Waals surface area contributed by atoms with E-state index in [1.807, 2.05) is 25.3 Å². The van der Waals surface area contributed by atoms with E-state index >= 15 is 0 Å². The number of rotatable bonds is 8. The molecule has 1 heterocycles. The molecule has 0 saturated carbocycles. The highest BCUT2D eigenvalue weighted by molar-refractivity contribution is 7.98. The van der Waals surface area contributed by atoms with E-state index < -0.39 is 12.0 Å². The fraction of sp³-hybridized carbons (Fsp3) is 0.500. The Kier molecular flexibility index (Phi) is 9.72. The first-order valence-corrected chi connectivity index (χ1v) is 12.2. The molecule has 1 aromatic rings. The van der Waals surface area contributed by atoms with Gasteiger partial charge in [0.2, 0.25) is 11.8 Å². The Morgan fingerprint density at radius 2 is 1.90 bits per heavy atom. The third-order valence-corrected chi connectivity index (χ3v) is 7.44. The molecule has 0 aliphatic carbocycles. The van der Waals surface area contributed by atoms with E-state index in [1.54, 1.807) is 17.9 Å². The van der Waals surface area contributed by atoms with Crippen LogP contribution in [0, 0.1) is 11.8 Å². The van der Waals surface area contributed by atoms with Crippen LogP contribution in [0.1, 0.15) is 38.7 Å². The lowest BCUT2D eigenvalue weighted by atomic mass is 9.93. The summed E-state index contributed by atoms with van der Waals surface area (Å²) in [5.74, 6) is -1.90. The van der Waals surface area contributed by atoms with Crippen LogP contribution in [0.15, 0.2) is 23.1 Å². The molecule has 2 atom stereocenters. The highest BCUT2D eigenvalue weighted by atomic mass is 35.5. The molecule has 2 rings (SSSR count). The number of halogens is 2. The molecule has 1 aliphatic heterocycles. The van der Waals surface area contributed by atoms with Crippen LogP contribution in [-0.4, -0.2) is 53.2 Å². The summed E-state index contributed by atoms with van der Waals surface area (Å²) in [6.45, 7) is 4.56. The number of hydrogen-bond acceptors (Lipinski definition) is 4. The van der Waals surface area contributed by atoms with Crippen molar-refractivity contribution in [2.75, 3.05) is 19.3 Å². The number of likely N-dealkylation sites (tertiary alicyclic amines) is 1. The molecule has 6 nitrogen and oxygen atoms in total. The molecule has 1 fully saturated rings. The van der Waals surface area contributed by atoms with Gasteiger partial charge in [0.25, 0.3) is 0 Å². The van der Waals surface area contributed by atoms with Gasteiger partial charge in [0.1, 0.15) is 6.04 Å². The zero-order valence-electron chi connectivity index (χ0n) is 17.9. The minimum absolute atomic E-state index is 0.154. The van der Waals surface area contributed by atoms with Gasteiger partial charge in [-0.2, -0.15) is 0 Å². The SMILES string of the molecule is CC[C@H](C)[C@H](NC(=O)C1CCN(C(=O)/C=C/c2ccc(SC)c(Cl)c2Cl)CC1)C(=O)O. The fourth-order valence-electron chi connectivity index (χ4n) is 3.42. The number of nitrogens with one attached hydrogen (secondary N) is 1. The van der Waals surface area contributed by atoms with Crippen molar-refractivity contribution >= 4 is 58.8 Å². The molecule has 0 unspecified atom stereocenters. The maximum atomic E-state index is 12.5. The predicted octanol–water partition coefficient (Wildman–Crippen LogP) is 4.58. The summed E-state index contributed by atoms with van der Waals surface area (Å²) >= 11 is 14.0. The van der Waals surface area contributed by atoms with E-state index in [2.05, 4.69) is 5.32 Å². The quantitative estimate of drug-likeness (QED) is 0.414. The molecule has 0 bridgehead atoms. The first kappa shape index (κ1) is 25.6. The van der Waals surface area contributed by atoms with Gasteiger partial charge in [-0.05, 0) is 42.7 Å². The molecule has 170 valence electrons. The highest BCUT2D eigenvalue weighted by Gasteiger charge is 2.31. The van der Waals surface area contributed by atoms with Crippen molar-refractivity contribution in [2.24, 2.45) is 11.8 Å². The maximum Gasteiger partial charge on any atom is 0.326 e. The number of thioether (sulfide) groups is 1. The third kappa shape index (κ3) is 6.64. The van der Waals surface area contributed by atoms with Crippen LogP contribution in [0.2, 0.25) is 10.0 Å². The summed E-state index contributed by atoms with van der Waals surface area (Å²) in [6, 6.07) is 2.78. The normalized spacial score (nSPS) is 16.9. The van der Waals surface area contributed by atoms with Gasteiger partial charge in [-0.15, -0.1) is 11.8 Å². The second-order valence-electron chi connectivity index (χ2n) is 7.63. The lowest BCUT2D eigenvalue weighted by Crippen LogP contribution is -2.49. The molecule has 1 aromatic carbocycles. The van der Waals surface area contributed by atoms with Gasteiger partial charge in [0.05, 0.1) is 10.0 Å². The summed E-state index contributed by atoms with van der Waals surface area (Å²) in [5, 5.41) is 12.9. The van der Waals surface area contributed by atoms with E-state index in [9.17, 15) is 19.5 Å². The number of benzene rings is 1. The number of amides is 2. The maximum absolute atomic E-state index is 12.5. The van der Waals surface area contributed by atoms with E-state index in [-0.39, 0.29) is 23.7 Å². The smallest absolute Gasteiger partial charge is 0.326 e. The summed E-state index contributed by atoms with van der Waals surface area (Å²) < 4.78 is 0. The largest absolute Gasteiger partial charge is 0.480 e. The van der Waals surface area contributed by atoms with Gasteiger partial charge in [-0.3, -0.25) is 9.59 Å². The zero-order valence-corrected chi connectivity index (χ0v) is 20.2. The summed E-state index contributed by atoms with van der Waals surface area (Å²) in [5.41, 5.74) is 0.664. The van der Waals surface area contributed by atoms with E-state index in [0.29, 0.717) is 48.0 Å². The molecule has 2 amide bonds. The van der Waals surface area contributed by atoms with Crippen LogP contribution in [0.4, 0.5) is 0 Å². The van der Waals surface area contributed by atoms with Gasteiger partial charge >= 0.3 is 5.97 Å². The van der Waals surface area contributed by atoms with Crippen molar-refractivity contribution in [3.8, 4) is 0 Å². The Labute approximate surface area is 197 Å². The summed E-state index contributed by atoms with van der Waals surface area (Å²) in [6.07, 6.45) is 6.65. The van der Waals surface area contributed by atoms with Crippen molar-refractivity contribution in [3.63, 3.8) is 0 Å². The number of aliphatic carboxylic acids is 1. The molecule has 0 radical (unpaired) electrons. The lowest BCUT2D eigenvalue weighted by molar-refractivity contribution is -0.144. The molecule has 0 spiro atoms. The van der Waals surface area contributed by atoms with Gasteiger partial charge in [0, 0.05) is 30.0 Å². The van der Waals surface area contributed by atoms with Crippen molar-refractivity contribution in [1.82, 2.24) is 10.2 Å². The number of carboxylic acids is 1. The monoisotopic (exact) mass is 486 g/mol. The van der Waals surface area contributed by atoms with Crippen LogP contribution >= 0.6 is 35.0 Å². The number of piperidine rings is 1. The third-order valence-electron chi connectivity index (χ3n) is 5.66. The Balaban J connectivity index is 1.93. The molecule has 1 aliphatic rings. The second kappa shape index (κ2) is 11.8. The van der Waals surface area contributed by atoms with E-state index in [4.69, 9.17) is 23.2 Å². The van der Waals surface area contributed by atoms with Crippen molar-refractivity contribution in [2.45, 2.75) is 44.0 Å². The molecule has 9 heteroatoms. The van der Waals surface area contributed by atoms with Crippen molar-refractivity contribution in [3.05, 3.63) is 33.8 Å². The Hall–Kier alpha value is -1.70. The average Bonchev–Trinajstić information content (AvgIpc) is 2.77. The van der Waals surface area contributed by atoms with Crippen LogP contribution in [0.25, 0.3) is 6.08 Å². The number of carbonyl (C=O) groups is 3. The molecule has 31 heavy (non-hydrogen) atoms. The summed E-state index contributed by atoms with van der Waals surface area (Å²) in [7, 11) is 0. The van der Waals surface area contributed by atoms with Crippen LogP contribution in [0.5, 0.6) is 0 Å². The number of nitrogens with zero attached hydrogens (tertiary/aromatic N) is 1. The second-order valence-corrected chi connectivity index (χ2v) is 9.23. The predicted molar refractivity (Wildman–Crippen MR) is 126 cm³/mol. The summed E-state index contributed by atoms with van der Waals surface area (Å²) in [4.78, 5) is 39.0. The molecular formula is C22H28Cl2N2O4S. The van der Waals surface area contributed by atoms with E-state index in [1.165, 1.54) is 17.8 Å².